The van der Waals surface area contributed by atoms with Gasteiger partial charge in [0.05, 0.1) is 7.11 Å². The number of nitrogens with one attached hydrogen (secondary N) is 1. The summed E-state index contributed by atoms with van der Waals surface area (Å²) in [5, 5.41) is 1.22. The van der Waals surface area contributed by atoms with Crippen molar-refractivity contribution in [3.05, 3.63) is 54.7 Å². The normalized spacial score (nSPS) is 10.6. The lowest BCUT2D eigenvalue weighted by molar-refractivity contribution is 0.416. The number of methoxy groups -OCH3 is 1. The maximum atomic E-state index is 5.35. The molecule has 1 heterocycles. The second-order valence-corrected chi connectivity index (χ2v) is 3.91. The summed E-state index contributed by atoms with van der Waals surface area (Å²) >= 11 is 0. The third-order valence-corrected chi connectivity index (χ3v) is 2.91. The van der Waals surface area contributed by atoms with Gasteiger partial charge in [-0.2, -0.15) is 0 Å². The van der Waals surface area contributed by atoms with Crippen LogP contribution in [-0.2, 0) is 0 Å². The van der Waals surface area contributed by atoms with E-state index < -0.39 is 0 Å². The van der Waals surface area contributed by atoms with Crippen LogP contribution in [0.15, 0.2) is 48.7 Å². The molecule has 2 aromatic carbocycles. The van der Waals surface area contributed by atoms with Crippen molar-refractivity contribution in [2.24, 2.45) is 0 Å². The molecule has 0 unspecified atom stereocenters. The zero-order valence-electron chi connectivity index (χ0n) is 9.53. The molecule has 0 fully saturated rings. The van der Waals surface area contributed by atoms with Gasteiger partial charge in [-0.1, -0.05) is 24.3 Å². The van der Waals surface area contributed by atoms with Crippen LogP contribution in [0.25, 0.3) is 22.0 Å². The molecular weight excluding hydrogens is 210 g/mol. The van der Waals surface area contributed by atoms with E-state index in [0.29, 0.717) is 0 Å². The van der Waals surface area contributed by atoms with Crippen LogP contribution >= 0.6 is 0 Å². The summed E-state index contributed by atoms with van der Waals surface area (Å²) < 4.78 is 5.35. The van der Waals surface area contributed by atoms with Gasteiger partial charge < -0.3 is 9.72 Å². The first-order valence-corrected chi connectivity index (χ1v) is 5.50. The molecule has 0 atom stereocenters. The lowest BCUT2D eigenvalue weighted by atomic mass is 10.0. The van der Waals surface area contributed by atoms with E-state index in [1.807, 2.05) is 24.4 Å². The van der Waals surface area contributed by atoms with Gasteiger partial charge >= 0.3 is 0 Å². The predicted molar refractivity (Wildman–Crippen MR) is 69.1 cm³/mol. The summed E-state index contributed by atoms with van der Waals surface area (Å²) in [5.41, 5.74) is 3.37. The number of aromatic nitrogens is 1. The standard InChI is InChI=1S/C15H12NO/c1-17-15-5-3-2-4-13(15)12-7-6-11-8-9-16-14(11)10-12/h2,4-10,16H,1H3. The van der Waals surface area contributed by atoms with Crippen molar-refractivity contribution in [1.29, 1.82) is 0 Å². The monoisotopic (exact) mass is 222 g/mol. The number of rotatable bonds is 2. The number of benzene rings is 2. The van der Waals surface area contributed by atoms with Gasteiger partial charge in [0, 0.05) is 17.3 Å². The van der Waals surface area contributed by atoms with Crippen molar-refractivity contribution in [3.63, 3.8) is 0 Å². The Morgan fingerprint density at radius 1 is 1.18 bits per heavy atom. The van der Waals surface area contributed by atoms with Gasteiger partial charge in [-0.3, -0.25) is 0 Å². The molecule has 0 aliphatic rings. The lowest BCUT2D eigenvalue weighted by Crippen LogP contribution is -1.87. The Kier molecular flexibility index (Phi) is 2.33. The minimum atomic E-state index is 0.846. The number of fused-ring (bicyclic) bond motifs is 1. The van der Waals surface area contributed by atoms with Gasteiger partial charge in [0.15, 0.2) is 0 Å². The van der Waals surface area contributed by atoms with Crippen molar-refractivity contribution in [3.8, 4) is 16.9 Å². The summed E-state index contributed by atoms with van der Waals surface area (Å²) in [6.45, 7) is 0. The minimum Gasteiger partial charge on any atom is -0.496 e. The Hall–Kier alpha value is -2.22. The van der Waals surface area contributed by atoms with Crippen molar-refractivity contribution in [2.75, 3.05) is 7.11 Å². The number of ether oxygens (including phenoxy) is 1. The largest absolute Gasteiger partial charge is 0.496 e. The van der Waals surface area contributed by atoms with Crippen LogP contribution in [0.1, 0.15) is 0 Å². The van der Waals surface area contributed by atoms with Gasteiger partial charge in [0.2, 0.25) is 0 Å². The van der Waals surface area contributed by atoms with Crippen molar-refractivity contribution >= 4 is 10.9 Å². The second-order valence-electron chi connectivity index (χ2n) is 3.91. The van der Waals surface area contributed by atoms with Gasteiger partial charge in [-0.15, -0.1) is 0 Å². The maximum absolute atomic E-state index is 5.35. The van der Waals surface area contributed by atoms with Crippen LogP contribution in [0.4, 0.5) is 0 Å². The zero-order valence-corrected chi connectivity index (χ0v) is 9.53. The fourth-order valence-electron chi connectivity index (χ4n) is 2.04. The zero-order chi connectivity index (χ0) is 11.7. The molecule has 0 aliphatic carbocycles. The molecule has 0 saturated heterocycles. The summed E-state index contributed by atoms with van der Waals surface area (Å²) in [6, 6.07) is 17.2. The lowest BCUT2D eigenvalue weighted by Gasteiger charge is -2.08. The highest BCUT2D eigenvalue weighted by atomic mass is 16.5. The van der Waals surface area contributed by atoms with E-state index in [9.17, 15) is 0 Å². The fourth-order valence-corrected chi connectivity index (χ4v) is 2.04. The molecule has 2 nitrogen and oxygen atoms in total. The Labute approximate surface area is 99.9 Å². The van der Waals surface area contributed by atoms with Crippen LogP contribution in [0, 0.1) is 6.07 Å². The van der Waals surface area contributed by atoms with Crippen LogP contribution in [0.3, 0.4) is 0 Å². The number of aromatic amines is 1. The summed E-state index contributed by atoms with van der Waals surface area (Å²) in [6.07, 6.45) is 1.95. The SMILES string of the molecule is COc1c[c]ccc1-c1ccc2cc[nH]c2c1. The quantitative estimate of drug-likeness (QED) is 0.703. The summed E-state index contributed by atoms with van der Waals surface area (Å²) in [7, 11) is 1.68. The van der Waals surface area contributed by atoms with Gasteiger partial charge in [-0.05, 0) is 35.2 Å². The molecule has 3 aromatic rings. The van der Waals surface area contributed by atoms with Crippen LogP contribution < -0.4 is 4.74 Å². The van der Waals surface area contributed by atoms with E-state index in [-0.39, 0.29) is 0 Å². The molecule has 17 heavy (non-hydrogen) atoms. The first kappa shape index (κ1) is 9.97. The molecule has 3 rings (SSSR count). The highest BCUT2D eigenvalue weighted by Gasteiger charge is 2.05. The Bertz CT molecular complexity index is 655. The highest BCUT2D eigenvalue weighted by molar-refractivity contribution is 5.85. The summed E-state index contributed by atoms with van der Waals surface area (Å²) in [4.78, 5) is 3.22. The average molecular weight is 222 g/mol. The van der Waals surface area contributed by atoms with Crippen molar-refractivity contribution < 1.29 is 4.74 Å². The van der Waals surface area contributed by atoms with E-state index in [1.165, 1.54) is 5.39 Å². The molecule has 0 amide bonds. The molecule has 83 valence electrons. The molecule has 0 bridgehead atoms. The highest BCUT2D eigenvalue weighted by Crippen LogP contribution is 2.31. The number of hydrogen-bond acceptors (Lipinski definition) is 1. The van der Waals surface area contributed by atoms with E-state index in [0.717, 1.165) is 22.4 Å². The Balaban J connectivity index is 2.19. The van der Waals surface area contributed by atoms with E-state index in [4.69, 9.17) is 4.74 Å². The minimum absolute atomic E-state index is 0.846. The smallest absolute Gasteiger partial charge is 0.127 e. The van der Waals surface area contributed by atoms with E-state index >= 15 is 0 Å². The number of H-pyrrole nitrogens is 1. The third-order valence-electron chi connectivity index (χ3n) is 2.91. The first-order valence-electron chi connectivity index (χ1n) is 5.50. The second kappa shape index (κ2) is 3.98. The van der Waals surface area contributed by atoms with Crippen molar-refractivity contribution in [2.45, 2.75) is 0 Å². The topological polar surface area (TPSA) is 25.0 Å². The molecule has 0 spiro atoms. The van der Waals surface area contributed by atoms with Gasteiger partial charge in [0.25, 0.3) is 0 Å². The third kappa shape index (κ3) is 1.68. The van der Waals surface area contributed by atoms with E-state index in [2.05, 4.69) is 35.3 Å². The van der Waals surface area contributed by atoms with Crippen LogP contribution in [0.2, 0.25) is 0 Å². The van der Waals surface area contributed by atoms with Gasteiger partial charge in [0.1, 0.15) is 5.75 Å². The average Bonchev–Trinajstić information content (AvgIpc) is 2.85. The van der Waals surface area contributed by atoms with E-state index in [1.54, 1.807) is 7.11 Å². The van der Waals surface area contributed by atoms with Gasteiger partial charge in [-0.25, -0.2) is 0 Å². The van der Waals surface area contributed by atoms with Crippen LogP contribution in [0.5, 0.6) is 5.75 Å². The Morgan fingerprint density at radius 2 is 2.12 bits per heavy atom. The molecule has 2 heteroatoms. The molecule has 1 radical (unpaired) electrons. The molecule has 1 aromatic heterocycles. The van der Waals surface area contributed by atoms with Crippen LogP contribution in [-0.4, -0.2) is 12.1 Å². The molecule has 0 saturated carbocycles. The molecule has 0 aliphatic heterocycles. The molecule has 1 N–H and O–H groups in total. The maximum Gasteiger partial charge on any atom is 0.127 e. The Morgan fingerprint density at radius 3 is 3.00 bits per heavy atom. The first-order chi connectivity index (χ1) is 8.38. The molecular formula is C15H12NO. The fraction of sp³-hybridized carbons (Fsp3) is 0.0667. The predicted octanol–water partition coefficient (Wildman–Crippen LogP) is 3.64. The number of hydrogen-bond donors (Lipinski definition) is 1. The summed E-state index contributed by atoms with van der Waals surface area (Å²) in [5.74, 6) is 0.846. The van der Waals surface area contributed by atoms with Crippen molar-refractivity contribution in [1.82, 2.24) is 4.98 Å².